The summed E-state index contributed by atoms with van der Waals surface area (Å²) in [5, 5.41) is 21.1. The standard InChI is InChI=1S/C16H28N6O2.HI/c1-12-19-14-4-3-13(9-22(14)21-12)20-15(17-2)18-10-16(11-23)5-7-24-8-6-16;/h13,23H,3-11H2,1-2H3,(H2,17,18,20);1H. The third kappa shape index (κ3) is 5.04. The van der Waals surface area contributed by atoms with Crippen LogP contribution in [0.15, 0.2) is 4.99 Å². The smallest absolute Gasteiger partial charge is 0.191 e. The first-order valence-corrected chi connectivity index (χ1v) is 8.70. The molecule has 0 amide bonds. The molecule has 2 aliphatic rings. The van der Waals surface area contributed by atoms with Gasteiger partial charge >= 0.3 is 0 Å². The predicted molar refractivity (Wildman–Crippen MR) is 106 cm³/mol. The number of nitrogens with zero attached hydrogens (tertiary/aromatic N) is 4. The lowest BCUT2D eigenvalue weighted by molar-refractivity contribution is -0.0132. The molecule has 1 unspecified atom stereocenters. The maximum Gasteiger partial charge on any atom is 0.191 e. The van der Waals surface area contributed by atoms with Crippen molar-refractivity contribution in [2.75, 3.05) is 33.4 Å². The highest BCUT2D eigenvalue weighted by atomic mass is 127. The predicted octanol–water partition coefficient (Wildman–Crippen LogP) is 0.473. The van der Waals surface area contributed by atoms with Crippen molar-refractivity contribution in [2.45, 2.75) is 45.2 Å². The van der Waals surface area contributed by atoms with E-state index in [1.54, 1.807) is 7.05 Å². The van der Waals surface area contributed by atoms with Gasteiger partial charge in [-0.15, -0.1) is 24.0 Å². The molecule has 3 rings (SSSR count). The average molecular weight is 464 g/mol. The van der Waals surface area contributed by atoms with Crippen molar-refractivity contribution in [3.63, 3.8) is 0 Å². The van der Waals surface area contributed by atoms with E-state index >= 15 is 0 Å². The van der Waals surface area contributed by atoms with E-state index in [0.29, 0.717) is 19.8 Å². The van der Waals surface area contributed by atoms with Gasteiger partial charge in [-0.05, 0) is 26.2 Å². The summed E-state index contributed by atoms with van der Waals surface area (Å²) in [5.41, 5.74) is -0.112. The molecule has 142 valence electrons. The molecule has 0 aromatic carbocycles. The number of nitrogens with one attached hydrogen (secondary N) is 2. The Bertz CT molecular complexity index is 585. The quantitative estimate of drug-likeness (QED) is 0.341. The molecule has 1 atom stereocenters. The van der Waals surface area contributed by atoms with E-state index in [4.69, 9.17) is 4.74 Å². The highest BCUT2D eigenvalue weighted by Crippen LogP contribution is 2.28. The third-order valence-electron chi connectivity index (χ3n) is 5.05. The molecule has 0 saturated carbocycles. The van der Waals surface area contributed by atoms with Crippen LogP contribution >= 0.6 is 24.0 Å². The van der Waals surface area contributed by atoms with Crippen molar-refractivity contribution in [1.82, 2.24) is 25.4 Å². The van der Waals surface area contributed by atoms with Gasteiger partial charge in [0.2, 0.25) is 0 Å². The van der Waals surface area contributed by atoms with Gasteiger partial charge in [-0.2, -0.15) is 5.10 Å². The van der Waals surface area contributed by atoms with E-state index in [1.807, 2.05) is 11.6 Å². The van der Waals surface area contributed by atoms with E-state index < -0.39 is 0 Å². The maximum absolute atomic E-state index is 9.79. The minimum Gasteiger partial charge on any atom is -0.396 e. The molecule has 0 bridgehead atoms. The number of aromatic nitrogens is 3. The van der Waals surface area contributed by atoms with Crippen LogP contribution in [0.4, 0.5) is 0 Å². The van der Waals surface area contributed by atoms with E-state index in [2.05, 4.69) is 25.7 Å². The van der Waals surface area contributed by atoms with Crippen molar-refractivity contribution < 1.29 is 9.84 Å². The van der Waals surface area contributed by atoms with Crippen LogP contribution < -0.4 is 10.6 Å². The van der Waals surface area contributed by atoms with Crippen molar-refractivity contribution in [3.8, 4) is 0 Å². The summed E-state index contributed by atoms with van der Waals surface area (Å²) in [4.78, 5) is 8.77. The molecule has 3 N–H and O–H groups in total. The molecule has 2 aliphatic heterocycles. The number of hydrogen-bond donors (Lipinski definition) is 3. The molecule has 0 aliphatic carbocycles. The van der Waals surface area contributed by atoms with Crippen LogP contribution in [0.1, 0.15) is 30.9 Å². The van der Waals surface area contributed by atoms with Crippen LogP contribution in [-0.4, -0.2) is 65.3 Å². The average Bonchev–Trinajstić information content (AvgIpc) is 2.98. The lowest BCUT2D eigenvalue weighted by atomic mass is 9.81. The zero-order valence-electron chi connectivity index (χ0n) is 15.0. The van der Waals surface area contributed by atoms with Crippen LogP contribution in [0.25, 0.3) is 0 Å². The monoisotopic (exact) mass is 464 g/mol. The minimum absolute atomic E-state index is 0. The molecule has 3 heterocycles. The molecule has 0 spiro atoms. The first-order chi connectivity index (χ1) is 11.6. The van der Waals surface area contributed by atoms with Crippen LogP contribution in [0, 0.1) is 12.3 Å². The summed E-state index contributed by atoms with van der Waals surface area (Å²) in [7, 11) is 1.78. The number of guanidine groups is 1. The topological polar surface area (TPSA) is 96.6 Å². The maximum atomic E-state index is 9.79. The third-order valence-corrected chi connectivity index (χ3v) is 5.05. The van der Waals surface area contributed by atoms with Gasteiger partial charge in [-0.25, -0.2) is 9.67 Å². The number of aliphatic hydroxyl groups excluding tert-OH is 1. The second-order valence-corrected chi connectivity index (χ2v) is 6.83. The number of fused-ring (bicyclic) bond motifs is 1. The Hall–Kier alpha value is -0.940. The molecule has 0 radical (unpaired) electrons. The number of ether oxygens (including phenoxy) is 1. The number of hydrogen-bond acceptors (Lipinski definition) is 5. The molecule has 25 heavy (non-hydrogen) atoms. The Morgan fingerprint density at radius 3 is 2.88 bits per heavy atom. The summed E-state index contributed by atoms with van der Waals surface area (Å²) in [5.74, 6) is 2.67. The minimum atomic E-state index is -0.112. The summed E-state index contributed by atoms with van der Waals surface area (Å²) in [6, 6.07) is 0.282. The van der Waals surface area contributed by atoms with Crippen LogP contribution in [0.5, 0.6) is 0 Å². The van der Waals surface area contributed by atoms with Gasteiger partial charge in [0, 0.05) is 44.7 Å². The molecular weight excluding hydrogens is 435 g/mol. The molecule has 9 heteroatoms. The number of aliphatic imine (C=N–C) groups is 1. The highest BCUT2D eigenvalue weighted by Gasteiger charge is 2.32. The Balaban J connectivity index is 0.00000225. The van der Waals surface area contributed by atoms with E-state index in [9.17, 15) is 5.11 Å². The van der Waals surface area contributed by atoms with Crippen molar-refractivity contribution in [3.05, 3.63) is 11.6 Å². The lowest BCUT2D eigenvalue weighted by Gasteiger charge is -2.36. The zero-order chi connectivity index (χ0) is 17.0. The van der Waals surface area contributed by atoms with Gasteiger partial charge in [-0.3, -0.25) is 4.99 Å². The van der Waals surface area contributed by atoms with Gasteiger partial charge in [-0.1, -0.05) is 0 Å². The van der Waals surface area contributed by atoms with Crippen molar-refractivity contribution >= 4 is 29.9 Å². The normalized spacial score (nSPS) is 22.7. The molecule has 8 nitrogen and oxygen atoms in total. The molecule has 1 aromatic heterocycles. The fourth-order valence-electron chi connectivity index (χ4n) is 3.41. The van der Waals surface area contributed by atoms with E-state index in [-0.39, 0.29) is 42.0 Å². The Labute approximate surface area is 165 Å². The molecule has 1 fully saturated rings. The van der Waals surface area contributed by atoms with Gasteiger partial charge in [0.1, 0.15) is 11.6 Å². The number of rotatable bonds is 4. The second kappa shape index (κ2) is 9.13. The lowest BCUT2D eigenvalue weighted by Crippen LogP contribution is -2.51. The second-order valence-electron chi connectivity index (χ2n) is 6.83. The van der Waals surface area contributed by atoms with Gasteiger partial charge in [0.15, 0.2) is 5.96 Å². The van der Waals surface area contributed by atoms with Crippen molar-refractivity contribution in [2.24, 2.45) is 10.4 Å². The largest absolute Gasteiger partial charge is 0.396 e. The van der Waals surface area contributed by atoms with Gasteiger partial charge in [0.25, 0.3) is 0 Å². The van der Waals surface area contributed by atoms with Gasteiger partial charge < -0.3 is 20.5 Å². The molecule has 1 aromatic rings. The SMILES string of the molecule is CN=C(NCC1(CO)CCOCC1)NC1CCc2nc(C)nn2C1.I. The highest BCUT2D eigenvalue weighted by molar-refractivity contribution is 14.0. The number of halogens is 1. The van der Waals surface area contributed by atoms with Crippen LogP contribution in [0.3, 0.4) is 0 Å². The summed E-state index contributed by atoms with van der Waals surface area (Å²) in [6.45, 7) is 5.03. The first kappa shape index (κ1) is 20.4. The van der Waals surface area contributed by atoms with Gasteiger partial charge in [0.05, 0.1) is 13.2 Å². The first-order valence-electron chi connectivity index (χ1n) is 8.70. The summed E-state index contributed by atoms with van der Waals surface area (Å²) < 4.78 is 7.40. The summed E-state index contributed by atoms with van der Waals surface area (Å²) >= 11 is 0. The fraction of sp³-hybridized carbons (Fsp3) is 0.812. The Morgan fingerprint density at radius 2 is 2.20 bits per heavy atom. The Kier molecular flexibility index (Phi) is 7.44. The Morgan fingerprint density at radius 1 is 1.44 bits per heavy atom. The molecule has 1 saturated heterocycles. The van der Waals surface area contributed by atoms with E-state index in [1.165, 1.54) is 0 Å². The van der Waals surface area contributed by atoms with E-state index in [0.717, 1.165) is 49.8 Å². The zero-order valence-corrected chi connectivity index (χ0v) is 17.3. The van der Waals surface area contributed by atoms with Crippen molar-refractivity contribution in [1.29, 1.82) is 0 Å². The van der Waals surface area contributed by atoms with Crippen LogP contribution in [0.2, 0.25) is 0 Å². The molecular formula is C16H29IN6O2. The van der Waals surface area contributed by atoms with Crippen LogP contribution in [-0.2, 0) is 17.7 Å². The number of aliphatic hydroxyl groups is 1. The number of aryl methyl sites for hydroxylation is 2. The fourth-order valence-corrected chi connectivity index (χ4v) is 3.41. The summed E-state index contributed by atoms with van der Waals surface area (Å²) in [6.07, 6.45) is 3.68.